The number of aryl methyl sites for hydroxylation is 1. The van der Waals surface area contributed by atoms with E-state index in [1.807, 2.05) is 19.0 Å². The third-order valence-electron chi connectivity index (χ3n) is 4.39. The standard InChI is InChI=1S/C19H30ClN5O3S2/c1-13-8-16(30(27,28)24-18-22-11-19(2,3)12-23-18)15(9-14(13)20)29-10-17(26)21-6-7-25(4)5/h8-9H,6-7,10-12H2,1-5H3,(H,21,26)(H2,22,23,24). The van der Waals surface area contributed by atoms with Gasteiger partial charge < -0.3 is 15.5 Å². The number of sulfonamides is 1. The van der Waals surface area contributed by atoms with Crippen LogP contribution < -0.4 is 15.4 Å². The predicted octanol–water partition coefficient (Wildman–Crippen LogP) is 1.68. The lowest BCUT2D eigenvalue weighted by Gasteiger charge is -2.29. The second-order valence-electron chi connectivity index (χ2n) is 8.28. The minimum absolute atomic E-state index is 0.0350. The van der Waals surface area contributed by atoms with Gasteiger partial charge in [0.15, 0.2) is 0 Å². The number of hydrogen-bond acceptors (Lipinski definition) is 7. The normalized spacial score (nSPS) is 16.0. The number of halogens is 1. The minimum Gasteiger partial charge on any atom is -0.355 e. The van der Waals surface area contributed by atoms with Gasteiger partial charge >= 0.3 is 0 Å². The van der Waals surface area contributed by atoms with Crippen molar-refractivity contribution in [2.24, 2.45) is 10.4 Å². The van der Waals surface area contributed by atoms with Crippen molar-refractivity contribution in [1.29, 1.82) is 0 Å². The average molecular weight is 476 g/mol. The van der Waals surface area contributed by atoms with E-state index in [1.54, 1.807) is 13.0 Å². The van der Waals surface area contributed by atoms with Crippen molar-refractivity contribution in [2.45, 2.75) is 30.6 Å². The highest BCUT2D eigenvalue weighted by atomic mass is 35.5. The first kappa shape index (κ1) is 24.8. The van der Waals surface area contributed by atoms with E-state index in [2.05, 4.69) is 34.2 Å². The Morgan fingerprint density at radius 2 is 2.07 bits per heavy atom. The molecule has 1 aromatic carbocycles. The van der Waals surface area contributed by atoms with Gasteiger partial charge in [0.25, 0.3) is 10.0 Å². The maximum absolute atomic E-state index is 13.0. The quantitative estimate of drug-likeness (QED) is 0.494. The Kier molecular flexibility index (Phi) is 8.43. The maximum atomic E-state index is 13.0. The summed E-state index contributed by atoms with van der Waals surface area (Å²) in [6, 6.07) is 3.10. The highest BCUT2D eigenvalue weighted by molar-refractivity contribution is 8.00. The first-order valence-electron chi connectivity index (χ1n) is 9.55. The lowest BCUT2D eigenvalue weighted by molar-refractivity contribution is -0.118. The molecule has 0 fully saturated rings. The van der Waals surface area contributed by atoms with Gasteiger partial charge in [0.2, 0.25) is 11.9 Å². The van der Waals surface area contributed by atoms with Gasteiger partial charge in [-0.05, 0) is 38.7 Å². The van der Waals surface area contributed by atoms with Crippen molar-refractivity contribution in [3.05, 3.63) is 22.7 Å². The molecule has 1 aliphatic rings. The molecule has 0 bridgehead atoms. The number of hydrogen-bond donors (Lipinski definition) is 3. The zero-order valence-electron chi connectivity index (χ0n) is 18.0. The number of amides is 1. The van der Waals surface area contributed by atoms with Crippen LogP contribution in [0.15, 0.2) is 26.9 Å². The predicted molar refractivity (Wildman–Crippen MR) is 123 cm³/mol. The monoisotopic (exact) mass is 475 g/mol. The number of carbonyl (C=O) groups excluding carboxylic acids is 1. The molecule has 3 N–H and O–H groups in total. The first-order valence-corrected chi connectivity index (χ1v) is 12.4. The zero-order valence-corrected chi connectivity index (χ0v) is 20.4. The molecule has 1 aromatic rings. The van der Waals surface area contributed by atoms with Crippen molar-refractivity contribution < 1.29 is 13.2 Å². The van der Waals surface area contributed by atoms with Crippen molar-refractivity contribution in [3.8, 4) is 0 Å². The zero-order chi connectivity index (χ0) is 22.5. The summed E-state index contributed by atoms with van der Waals surface area (Å²) in [6.45, 7) is 8.22. The van der Waals surface area contributed by atoms with Gasteiger partial charge in [0.05, 0.1) is 5.75 Å². The third kappa shape index (κ3) is 7.33. The molecule has 8 nitrogen and oxygen atoms in total. The molecular formula is C19H30ClN5O3S2. The largest absolute Gasteiger partial charge is 0.355 e. The molecule has 0 saturated heterocycles. The molecule has 0 spiro atoms. The number of nitrogens with zero attached hydrogens (tertiary/aromatic N) is 2. The molecule has 0 aromatic heterocycles. The van der Waals surface area contributed by atoms with E-state index >= 15 is 0 Å². The van der Waals surface area contributed by atoms with Gasteiger partial charge in [-0.2, -0.15) is 0 Å². The Bertz CT molecular complexity index is 917. The first-order chi connectivity index (χ1) is 13.9. The second-order valence-corrected chi connectivity index (χ2v) is 11.4. The van der Waals surface area contributed by atoms with Gasteiger partial charge in [-0.1, -0.05) is 25.4 Å². The van der Waals surface area contributed by atoms with Crippen LogP contribution in [0.4, 0.5) is 0 Å². The molecule has 0 unspecified atom stereocenters. The van der Waals surface area contributed by atoms with Crippen molar-refractivity contribution in [2.75, 3.05) is 46.0 Å². The fraction of sp³-hybridized carbons (Fsp3) is 0.579. The minimum atomic E-state index is -3.90. The van der Waals surface area contributed by atoms with Gasteiger partial charge in [-0.3, -0.25) is 9.79 Å². The summed E-state index contributed by atoms with van der Waals surface area (Å²) in [4.78, 5) is 18.9. The summed E-state index contributed by atoms with van der Waals surface area (Å²) in [7, 11) is -0.0595. The Balaban J connectivity index is 2.16. The third-order valence-corrected chi connectivity index (χ3v) is 7.36. The SMILES string of the molecule is Cc1cc(S(=O)(=O)NC2=NCC(C)(C)CN2)c(SCC(=O)NCCN(C)C)cc1Cl. The molecule has 2 rings (SSSR count). The van der Waals surface area contributed by atoms with Crippen LogP contribution >= 0.6 is 23.4 Å². The van der Waals surface area contributed by atoms with Crippen LogP contribution in [0.5, 0.6) is 0 Å². The van der Waals surface area contributed by atoms with Gasteiger partial charge in [-0.25, -0.2) is 13.1 Å². The van der Waals surface area contributed by atoms with E-state index < -0.39 is 10.0 Å². The molecule has 1 heterocycles. The average Bonchev–Trinajstić information content (AvgIpc) is 2.63. The van der Waals surface area contributed by atoms with Crippen molar-refractivity contribution in [3.63, 3.8) is 0 Å². The van der Waals surface area contributed by atoms with Crippen LogP contribution in [0.1, 0.15) is 19.4 Å². The summed E-state index contributed by atoms with van der Waals surface area (Å²) in [5.41, 5.74) is 0.601. The molecule has 168 valence electrons. The van der Waals surface area contributed by atoms with Crippen LogP contribution in [0, 0.1) is 12.3 Å². The van der Waals surface area contributed by atoms with Crippen LogP contribution in [-0.2, 0) is 14.8 Å². The Labute approximate surface area is 188 Å². The lowest BCUT2D eigenvalue weighted by Crippen LogP contribution is -2.49. The van der Waals surface area contributed by atoms with Crippen LogP contribution in [0.25, 0.3) is 0 Å². The molecular weight excluding hydrogens is 446 g/mol. The molecule has 0 radical (unpaired) electrons. The molecule has 11 heteroatoms. The van der Waals surface area contributed by atoms with E-state index in [0.29, 0.717) is 35.1 Å². The van der Waals surface area contributed by atoms with Crippen LogP contribution in [0.2, 0.25) is 5.02 Å². The fourth-order valence-electron chi connectivity index (χ4n) is 2.55. The van der Waals surface area contributed by atoms with E-state index in [1.165, 1.54) is 6.07 Å². The number of guanidine groups is 1. The molecule has 0 atom stereocenters. The maximum Gasteiger partial charge on any atom is 0.265 e. The highest BCUT2D eigenvalue weighted by Gasteiger charge is 2.27. The number of benzene rings is 1. The number of likely N-dealkylation sites (N-methyl/N-ethyl adjacent to an activating group) is 1. The van der Waals surface area contributed by atoms with Crippen molar-refractivity contribution in [1.82, 2.24) is 20.3 Å². The van der Waals surface area contributed by atoms with E-state index in [4.69, 9.17) is 11.6 Å². The Morgan fingerprint density at radius 1 is 1.37 bits per heavy atom. The van der Waals surface area contributed by atoms with Crippen LogP contribution in [0.3, 0.4) is 0 Å². The summed E-state index contributed by atoms with van der Waals surface area (Å²) >= 11 is 7.36. The fourth-order valence-corrected chi connectivity index (χ4v) is 5.23. The molecule has 0 saturated carbocycles. The van der Waals surface area contributed by atoms with E-state index in [0.717, 1.165) is 18.3 Å². The molecule has 30 heavy (non-hydrogen) atoms. The number of carbonyl (C=O) groups is 1. The summed E-state index contributed by atoms with van der Waals surface area (Å²) in [6.07, 6.45) is 0. The highest BCUT2D eigenvalue weighted by Crippen LogP contribution is 2.32. The summed E-state index contributed by atoms with van der Waals surface area (Å²) in [5, 5.41) is 6.28. The topological polar surface area (TPSA) is 103 Å². The molecule has 1 aliphatic heterocycles. The molecule has 0 aliphatic carbocycles. The summed E-state index contributed by atoms with van der Waals surface area (Å²) in [5.74, 6) is 0.137. The number of aliphatic imine (C=N–C) groups is 1. The smallest absolute Gasteiger partial charge is 0.265 e. The van der Waals surface area contributed by atoms with E-state index in [-0.39, 0.29) is 27.9 Å². The number of thioether (sulfide) groups is 1. The lowest BCUT2D eigenvalue weighted by atomic mass is 9.93. The van der Waals surface area contributed by atoms with E-state index in [9.17, 15) is 13.2 Å². The number of rotatable bonds is 8. The summed E-state index contributed by atoms with van der Waals surface area (Å²) < 4.78 is 28.6. The number of nitrogens with one attached hydrogen (secondary N) is 3. The molecule has 1 amide bonds. The van der Waals surface area contributed by atoms with Crippen LogP contribution in [-0.4, -0.2) is 71.2 Å². The Hall–Kier alpha value is -1.49. The van der Waals surface area contributed by atoms with Gasteiger partial charge in [-0.15, -0.1) is 11.8 Å². The van der Waals surface area contributed by atoms with Gasteiger partial charge in [0.1, 0.15) is 4.90 Å². The second kappa shape index (κ2) is 10.2. The van der Waals surface area contributed by atoms with Crippen molar-refractivity contribution >= 4 is 45.3 Å². The van der Waals surface area contributed by atoms with Gasteiger partial charge in [0, 0.05) is 41.5 Å². The Morgan fingerprint density at radius 3 is 2.67 bits per heavy atom.